The predicted molar refractivity (Wildman–Crippen MR) is 189 cm³/mol. The molecular weight excluding hydrogens is 674 g/mol. The summed E-state index contributed by atoms with van der Waals surface area (Å²) in [5, 5.41) is 4.57. The van der Waals surface area contributed by atoms with Crippen LogP contribution in [0.15, 0.2) is 59.2 Å². The summed E-state index contributed by atoms with van der Waals surface area (Å²) in [7, 11) is 3.12. The number of rotatable bonds is 9. The van der Waals surface area contributed by atoms with Crippen molar-refractivity contribution in [2.45, 2.75) is 44.7 Å². The summed E-state index contributed by atoms with van der Waals surface area (Å²) in [6, 6.07) is 14.4. The topological polar surface area (TPSA) is 137 Å². The number of furan rings is 1. The molecule has 13 heteroatoms. The number of nitrogens with one attached hydrogen (secondary N) is 2. The molecule has 268 valence electrons. The molecule has 0 saturated carbocycles. The Bertz CT molecular complexity index is 1970. The minimum absolute atomic E-state index is 0.0488. The second-order valence-electron chi connectivity index (χ2n) is 13.4. The molecular formula is C38H42ClN5O7. The number of benzene rings is 2. The number of halogens is 1. The number of piperazine rings is 1. The molecule has 0 spiro atoms. The number of piperidine rings is 1. The lowest BCUT2D eigenvalue weighted by molar-refractivity contribution is -0.167. The van der Waals surface area contributed by atoms with Crippen LogP contribution in [0.3, 0.4) is 0 Å². The van der Waals surface area contributed by atoms with Gasteiger partial charge in [0.2, 0.25) is 17.7 Å². The first-order chi connectivity index (χ1) is 24.7. The fraction of sp³-hybridized carbons (Fsp3) is 0.421. The Labute approximate surface area is 301 Å². The van der Waals surface area contributed by atoms with Crippen LogP contribution in [0.4, 0.5) is 0 Å². The van der Waals surface area contributed by atoms with Crippen molar-refractivity contribution in [1.82, 2.24) is 25.0 Å². The van der Waals surface area contributed by atoms with E-state index in [-0.39, 0.29) is 48.8 Å². The number of nitrogens with zero attached hydrogens (tertiary/aromatic N) is 3. The number of hydrogen-bond acceptors (Lipinski definition) is 7. The molecule has 0 bridgehead atoms. The quantitative estimate of drug-likeness (QED) is 0.255. The lowest BCUT2D eigenvalue weighted by atomic mass is 9.65. The molecule has 0 unspecified atom stereocenters. The summed E-state index contributed by atoms with van der Waals surface area (Å²) < 4.78 is 16.0. The van der Waals surface area contributed by atoms with Crippen LogP contribution < -0.4 is 14.8 Å². The van der Waals surface area contributed by atoms with E-state index in [9.17, 15) is 19.2 Å². The molecule has 2 fully saturated rings. The Morgan fingerprint density at radius 3 is 2.47 bits per heavy atom. The van der Waals surface area contributed by atoms with Crippen LogP contribution in [-0.2, 0) is 32.9 Å². The van der Waals surface area contributed by atoms with Gasteiger partial charge in [0, 0.05) is 73.2 Å². The van der Waals surface area contributed by atoms with Crippen molar-refractivity contribution in [3.8, 4) is 11.5 Å². The maximum absolute atomic E-state index is 14.8. The summed E-state index contributed by atoms with van der Waals surface area (Å²) in [6.45, 7) is 4.09. The molecule has 51 heavy (non-hydrogen) atoms. The molecule has 2 aromatic carbocycles. The fourth-order valence-corrected chi connectivity index (χ4v) is 8.53. The van der Waals surface area contributed by atoms with Gasteiger partial charge in [0.1, 0.15) is 0 Å². The van der Waals surface area contributed by atoms with E-state index in [2.05, 4.69) is 10.3 Å². The van der Waals surface area contributed by atoms with Crippen LogP contribution in [-0.4, -0.2) is 90.3 Å². The van der Waals surface area contributed by atoms with Crippen LogP contribution in [0, 0.1) is 11.8 Å². The van der Waals surface area contributed by atoms with Gasteiger partial charge in [-0.05, 0) is 72.9 Å². The number of hydrogen-bond donors (Lipinski definition) is 2. The van der Waals surface area contributed by atoms with E-state index in [0.29, 0.717) is 62.1 Å². The fourth-order valence-electron chi connectivity index (χ4n) is 8.36. The molecule has 0 aliphatic carbocycles. The molecule has 0 radical (unpaired) electrons. The van der Waals surface area contributed by atoms with Gasteiger partial charge >= 0.3 is 0 Å². The van der Waals surface area contributed by atoms with Crippen molar-refractivity contribution in [2.75, 3.05) is 46.9 Å². The average molecular weight is 716 g/mol. The molecule has 5 heterocycles. The van der Waals surface area contributed by atoms with Gasteiger partial charge in [0.15, 0.2) is 17.3 Å². The van der Waals surface area contributed by atoms with Gasteiger partial charge in [-0.15, -0.1) is 0 Å². The van der Waals surface area contributed by atoms with Crippen molar-refractivity contribution in [1.29, 1.82) is 0 Å². The number of H-pyrrole nitrogens is 1. The molecule has 3 aliphatic heterocycles. The van der Waals surface area contributed by atoms with Gasteiger partial charge in [-0.3, -0.25) is 19.2 Å². The van der Waals surface area contributed by atoms with E-state index in [1.807, 2.05) is 41.0 Å². The molecule has 12 nitrogen and oxygen atoms in total. The lowest BCUT2D eigenvalue weighted by Gasteiger charge is -2.56. The Morgan fingerprint density at radius 1 is 1.00 bits per heavy atom. The Kier molecular flexibility index (Phi) is 9.45. The molecule has 2 saturated heterocycles. The van der Waals surface area contributed by atoms with E-state index >= 15 is 0 Å². The Morgan fingerprint density at radius 2 is 1.76 bits per heavy atom. The second-order valence-corrected chi connectivity index (χ2v) is 13.9. The van der Waals surface area contributed by atoms with Crippen LogP contribution in [0.5, 0.6) is 11.5 Å². The zero-order valence-electron chi connectivity index (χ0n) is 29.0. The standard InChI is InChI=1S/C38H42ClN5O7/c1-4-38-28(36(47)42-13-15-43(16-14-42)37(48)31-6-5-17-51-31)19-24(20-33(45)40-22-23-7-10-30(49-2)32(18-23)50-3)35(46)44(38)12-11-26-27-21-25(39)8-9-29(27)41-34(26)38/h5-10,17-18,21,24,28,41H,4,11-16,19-20,22H2,1-3H3,(H,40,45)/t24-,28-,38+/m1/s1. The smallest absolute Gasteiger partial charge is 0.289 e. The van der Waals surface area contributed by atoms with Gasteiger partial charge in [0.05, 0.1) is 31.9 Å². The Balaban J connectivity index is 1.16. The summed E-state index contributed by atoms with van der Waals surface area (Å²) in [5.74, 6) is -0.603. The number of methoxy groups -OCH3 is 2. The highest BCUT2D eigenvalue weighted by Crippen LogP contribution is 2.52. The molecule has 7 rings (SSSR count). The van der Waals surface area contributed by atoms with E-state index in [0.717, 1.165) is 27.7 Å². The zero-order valence-corrected chi connectivity index (χ0v) is 29.8. The zero-order chi connectivity index (χ0) is 35.9. The molecule has 2 N–H and O–H groups in total. The number of aromatic nitrogens is 1. The largest absolute Gasteiger partial charge is 0.493 e. The number of ether oxygens (including phenoxy) is 2. The van der Waals surface area contributed by atoms with Gasteiger partial charge in [-0.25, -0.2) is 0 Å². The first kappa shape index (κ1) is 34.5. The lowest BCUT2D eigenvalue weighted by Crippen LogP contribution is -2.66. The van der Waals surface area contributed by atoms with Crippen molar-refractivity contribution in [3.05, 3.63) is 82.4 Å². The van der Waals surface area contributed by atoms with Crippen LogP contribution in [0.2, 0.25) is 5.02 Å². The van der Waals surface area contributed by atoms with Gasteiger partial charge in [-0.2, -0.15) is 0 Å². The van der Waals surface area contributed by atoms with E-state index in [1.165, 1.54) is 6.26 Å². The monoisotopic (exact) mass is 715 g/mol. The number of carbonyl (C=O) groups is 4. The normalized spacial score (nSPS) is 21.6. The number of carbonyl (C=O) groups excluding carboxylic acids is 4. The number of amides is 4. The van der Waals surface area contributed by atoms with E-state index in [1.54, 1.807) is 43.4 Å². The number of fused-ring (bicyclic) bond motifs is 5. The predicted octanol–water partition coefficient (Wildman–Crippen LogP) is 4.75. The van der Waals surface area contributed by atoms with Gasteiger partial charge in [0.25, 0.3) is 5.91 Å². The van der Waals surface area contributed by atoms with Crippen molar-refractivity contribution < 1.29 is 33.1 Å². The van der Waals surface area contributed by atoms with Gasteiger partial charge < -0.3 is 38.9 Å². The van der Waals surface area contributed by atoms with Gasteiger partial charge in [-0.1, -0.05) is 24.6 Å². The Hall–Kier alpha value is -4.97. The average Bonchev–Trinajstić information content (AvgIpc) is 3.83. The van der Waals surface area contributed by atoms with Crippen molar-refractivity contribution >= 4 is 46.1 Å². The third kappa shape index (κ3) is 6.09. The summed E-state index contributed by atoms with van der Waals surface area (Å²) >= 11 is 6.43. The molecule has 4 aromatic rings. The third-order valence-electron chi connectivity index (χ3n) is 10.9. The SMILES string of the molecule is CC[C@]12c3[nH]c4ccc(Cl)cc4c3CCN1C(=O)[C@@H](CC(=O)NCc1ccc(OC)c(OC)c1)C[C@@H]2C(=O)N1CCN(C(=O)c2ccco2)CC1. The summed E-state index contributed by atoms with van der Waals surface area (Å²) in [4.78, 5) is 64.7. The minimum Gasteiger partial charge on any atom is -0.493 e. The van der Waals surface area contributed by atoms with Crippen molar-refractivity contribution in [2.24, 2.45) is 11.8 Å². The highest BCUT2D eigenvalue weighted by molar-refractivity contribution is 6.31. The summed E-state index contributed by atoms with van der Waals surface area (Å²) in [6.07, 6.45) is 2.73. The van der Waals surface area contributed by atoms with Crippen LogP contribution in [0.25, 0.3) is 10.9 Å². The highest BCUT2D eigenvalue weighted by atomic mass is 35.5. The first-order valence-corrected chi connectivity index (χ1v) is 17.8. The van der Waals surface area contributed by atoms with Crippen LogP contribution in [0.1, 0.15) is 53.6 Å². The molecule has 4 amide bonds. The molecule has 2 aromatic heterocycles. The molecule has 3 aliphatic rings. The highest BCUT2D eigenvalue weighted by Gasteiger charge is 2.59. The second kappa shape index (κ2) is 14.0. The maximum Gasteiger partial charge on any atom is 0.289 e. The van der Waals surface area contributed by atoms with Crippen LogP contribution >= 0.6 is 11.6 Å². The minimum atomic E-state index is -0.943. The summed E-state index contributed by atoms with van der Waals surface area (Å²) in [5.41, 5.74) is 2.71. The maximum atomic E-state index is 14.8. The first-order valence-electron chi connectivity index (χ1n) is 17.4. The van der Waals surface area contributed by atoms with Crippen molar-refractivity contribution in [3.63, 3.8) is 0 Å². The number of aromatic amines is 1. The van der Waals surface area contributed by atoms with E-state index < -0.39 is 17.4 Å². The molecule has 3 atom stereocenters. The van der Waals surface area contributed by atoms with E-state index in [4.69, 9.17) is 25.5 Å². The third-order valence-corrected chi connectivity index (χ3v) is 11.1.